The topological polar surface area (TPSA) is 158 Å². The van der Waals surface area contributed by atoms with E-state index < -0.39 is 48.9 Å². The van der Waals surface area contributed by atoms with E-state index in [2.05, 4.69) is 4.74 Å². The fraction of sp³-hybridized carbons (Fsp3) is 0.500. The number of rotatable bonds is 8. The first-order valence-electron chi connectivity index (χ1n) is 4.28. The molecule has 0 aromatic heterocycles. The van der Waals surface area contributed by atoms with Crippen LogP contribution < -0.4 is 0 Å². The number of hydrogen-bond acceptors (Lipinski definition) is 5. The van der Waals surface area contributed by atoms with Gasteiger partial charge in [-0.15, -0.1) is 0 Å². The molecule has 0 aromatic carbocycles. The van der Waals surface area contributed by atoms with Crippen molar-refractivity contribution in [1.29, 1.82) is 0 Å². The van der Waals surface area contributed by atoms with Crippen molar-refractivity contribution in [2.75, 3.05) is 0 Å². The molecule has 0 spiro atoms. The van der Waals surface area contributed by atoms with Crippen molar-refractivity contribution in [2.45, 2.75) is 25.0 Å². The minimum atomic E-state index is -1.91. The van der Waals surface area contributed by atoms with E-state index in [4.69, 9.17) is 20.4 Å². The summed E-state index contributed by atoms with van der Waals surface area (Å²) < 4.78 is 4.43. The van der Waals surface area contributed by atoms with Crippen molar-refractivity contribution in [2.24, 2.45) is 0 Å². The first-order chi connectivity index (χ1) is 7.73. The minimum absolute atomic E-state index is 0. The second-order valence-corrected chi connectivity index (χ2v) is 2.99. The molecule has 0 saturated heterocycles. The molecule has 0 bridgehead atoms. The van der Waals surface area contributed by atoms with Crippen LogP contribution in [0.5, 0.6) is 0 Å². The van der Waals surface area contributed by atoms with E-state index in [0.29, 0.717) is 0 Å². The normalized spacial score (nSPS) is 12.9. The summed E-state index contributed by atoms with van der Waals surface area (Å²) in [5, 5.41) is 33.8. The number of hydrogen-bond donors (Lipinski definition) is 4. The Morgan fingerprint density at radius 3 is 1.22 bits per heavy atom. The van der Waals surface area contributed by atoms with E-state index in [9.17, 15) is 19.2 Å². The Balaban J connectivity index is 0. The van der Waals surface area contributed by atoms with Crippen molar-refractivity contribution in [1.82, 2.24) is 0 Å². The van der Waals surface area contributed by atoms with Gasteiger partial charge in [-0.25, -0.2) is 9.59 Å². The summed E-state index contributed by atoms with van der Waals surface area (Å²) in [5.41, 5.74) is 0. The molecule has 2 atom stereocenters. The predicted molar refractivity (Wildman–Crippen MR) is 57.0 cm³/mol. The summed E-state index contributed by atoms with van der Waals surface area (Å²) >= 11 is 0. The summed E-state index contributed by atoms with van der Waals surface area (Å²) in [6.45, 7) is 0. The number of carbonyl (C=O) groups is 4. The van der Waals surface area contributed by atoms with Crippen LogP contribution in [-0.4, -0.2) is 94.2 Å². The van der Waals surface area contributed by atoms with Gasteiger partial charge in [-0.1, -0.05) is 0 Å². The Bertz CT molecular complexity index is 307. The SMILES string of the molecule is O=C(O)CC(OC(CC(=O)O)C(=O)O)C(=O)O.[CaH2]. The predicted octanol–water partition coefficient (Wildman–Crippen LogP) is -2.06. The quantitative estimate of drug-likeness (QED) is 0.369. The third-order valence-electron chi connectivity index (χ3n) is 1.60. The zero-order valence-corrected chi connectivity index (χ0v) is 8.40. The van der Waals surface area contributed by atoms with Gasteiger partial charge in [0.05, 0.1) is 12.8 Å². The van der Waals surface area contributed by atoms with Crippen molar-refractivity contribution in [3.63, 3.8) is 0 Å². The molecule has 0 radical (unpaired) electrons. The molecule has 0 fully saturated rings. The van der Waals surface area contributed by atoms with Gasteiger partial charge in [0.2, 0.25) is 0 Å². The van der Waals surface area contributed by atoms with Crippen LogP contribution in [0.4, 0.5) is 0 Å². The molecule has 0 aliphatic heterocycles. The Labute approximate surface area is 130 Å². The third kappa shape index (κ3) is 8.23. The zero-order valence-electron chi connectivity index (χ0n) is 8.40. The fourth-order valence-corrected chi connectivity index (χ4v) is 0.903. The molecule has 0 saturated carbocycles. The van der Waals surface area contributed by atoms with Gasteiger partial charge in [0.25, 0.3) is 0 Å². The molecule has 4 N–H and O–H groups in total. The average Bonchev–Trinajstić information content (AvgIpc) is 2.13. The van der Waals surface area contributed by atoms with E-state index in [0.717, 1.165) is 0 Å². The molecule has 0 heterocycles. The monoisotopic (exact) mass is 292 g/mol. The van der Waals surface area contributed by atoms with Crippen molar-refractivity contribution < 1.29 is 44.3 Å². The van der Waals surface area contributed by atoms with Gasteiger partial charge in [0.15, 0.2) is 12.2 Å². The van der Waals surface area contributed by atoms with Crippen molar-refractivity contribution in [3.05, 3.63) is 0 Å². The summed E-state index contributed by atoms with van der Waals surface area (Å²) in [4.78, 5) is 41.7. The zero-order chi connectivity index (χ0) is 13.6. The Hall–Kier alpha value is -0.900. The molecule has 10 heteroatoms. The summed E-state index contributed by atoms with van der Waals surface area (Å²) in [6.07, 6.45) is -5.74. The third-order valence-corrected chi connectivity index (χ3v) is 1.60. The molecule has 0 aliphatic carbocycles. The molecule has 0 aliphatic rings. The van der Waals surface area contributed by atoms with Crippen molar-refractivity contribution >= 4 is 61.6 Å². The van der Waals surface area contributed by atoms with E-state index in [1.54, 1.807) is 0 Å². The van der Waals surface area contributed by atoms with Crippen LogP contribution in [0.25, 0.3) is 0 Å². The fourth-order valence-electron chi connectivity index (χ4n) is 0.903. The number of ether oxygens (including phenoxy) is 1. The van der Waals surface area contributed by atoms with Crippen molar-refractivity contribution in [3.8, 4) is 0 Å². The standard InChI is InChI=1S/C8H10O9.Ca.2H/c9-5(10)1-3(7(13)14)17-4(8(15)16)2-6(11)12;;;/h3-4H,1-2H2,(H,9,10)(H,11,12)(H,13,14)(H,15,16);;;. The number of carboxylic acids is 4. The van der Waals surface area contributed by atoms with Crippen LogP contribution in [-0.2, 0) is 23.9 Å². The Morgan fingerprint density at radius 2 is 1.06 bits per heavy atom. The maximum atomic E-state index is 10.6. The van der Waals surface area contributed by atoms with Gasteiger partial charge in [-0.3, -0.25) is 9.59 Å². The van der Waals surface area contributed by atoms with Gasteiger partial charge in [-0.2, -0.15) is 0 Å². The maximum absolute atomic E-state index is 10.6. The molecule has 18 heavy (non-hydrogen) atoms. The van der Waals surface area contributed by atoms with Crippen LogP contribution in [0, 0.1) is 0 Å². The van der Waals surface area contributed by atoms with Gasteiger partial charge in [0.1, 0.15) is 0 Å². The van der Waals surface area contributed by atoms with Crippen LogP contribution in [0.1, 0.15) is 12.8 Å². The number of carboxylic acid groups (broad SMARTS) is 4. The first-order valence-corrected chi connectivity index (χ1v) is 4.28. The van der Waals surface area contributed by atoms with Gasteiger partial charge < -0.3 is 25.2 Å². The van der Waals surface area contributed by atoms with Gasteiger partial charge >= 0.3 is 61.6 Å². The average molecular weight is 292 g/mol. The molecular weight excluding hydrogens is 280 g/mol. The van der Waals surface area contributed by atoms with E-state index in [-0.39, 0.29) is 37.7 Å². The van der Waals surface area contributed by atoms with Crippen LogP contribution in [0.2, 0.25) is 0 Å². The molecule has 0 amide bonds. The molecule has 0 aromatic rings. The molecule has 9 nitrogen and oxygen atoms in total. The Kier molecular flexibility index (Phi) is 9.81. The molecule has 2 unspecified atom stereocenters. The summed E-state index contributed by atoms with van der Waals surface area (Å²) in [5.74, 6) is -6.36. The summed E-state index contributed by atoms with van der Waals surface area (Å²) in [7, 11) is 0. The van der Waals surface area contributed by atoms with Gasteiger partial charge in [-0.05, 0) is 0 Å². The van der Waals surface area contributed by atoms with E-state index in [1.165, 1.54) is 0 Å². The molecule has 0 rings (SSSR count). The van der Waals surface area contributed by atoms with E-state index >= 15 is 0 Å². The first kappa shape index (κ1) is 19.4. The van der Waals surface area contributed by atoms with E-state index in [1.807, 2.05) is 0 Å². The van der Waals surface area contributed by atoms with Gasteiger partial charge in [0, 0.05) is 0 Å². The van der Waals surface area contributed by atoms with Crippen LogP contribution in [0.15, 0.2) is 0 Å². The molecular formula is C8H12CaO9. The second-order valence-electron chi connectivity index (χ2n) is 2.99. The second kappa shape index (κ2) is 9.09. The molecule has 100 valence electrons. The Morgan fingerprint density at radius 1 is 0.778 bits per heavy atom. The number of aliphatic carboxylic acids is 4. The summed E-state index contributed by atoms with van der Waals surface area (Å²) in [6, 6.07) is 0. The van der Waals surface area contributed by atoms with Crippen LogP contribution in [0.3, 0.4) is 0 Å². The van der Waals surface area contributed by atoms with Crippen LogP contribution >= 0.6 is 0 Å².